The van der Waals surface area contributed by atoms with Crippen molar-refractivity contribution in [3.8, 4) is 0 Å². The van der Waals surface area contributed by atoms with Crippen LogP contribution in [0.15, 0.2) is 0 Å². The Morgan fingerprint density at radius 1 is 1.64 bits per heavy atom. The molecule has 3 nitrogen and oxygen atoms in total. The predicted molar refractivity (Wildman–Crippen MR) is 51.9 cm³/mol. The lowest BCUT2D eigenvalue weighted by molar-refractivity contribution is -0.147. The highest BCUT2D eigenvalue weighted by molar-refractivity contribution is 5.85. The molecule has 3 unspecified atom stereocenters. The number of carbonyl (C=O) groups excluding carboxylic acids is 1. The molecule has 1 aliphatic heterocycles. The zero-order chi connectivity index (χ0) is 10.4. The molecule has 0 radical (unpaired) electrons. The van der Waals surface area contributed by atoms with Crippen LogP contribution in [0, 0.1) is 5.92 Å². The number of ether oxygens (including phenoxy) is 2. The van der Waals surface area contributed by atoms with Crippen molar-refractivity contribution in [1.29, 1.82) is 0 Å². The molecule has 0 aromatic heterocycles. The van der Waals surface area contributed by atoms with Crippen LogP contribution in [-0.4, -0.2) is 24.3 Å². The first kappa shape index (κ1) is 9.97. The first-order valence-corrected chi connectivity index (χ1v) is 5.41. The quantitative estimate of drug-likeness (QED) is 0.502. The summed E-state index contributed by atoms with van der Waals surface area (Å²) < 4.78 is 10.6. The fourth-order valence-corrected chi connectivity index (χ4v) is 3.08. The van der Waals surface area contributed by atoms with Gasteiger partial charge in [0.15, 0.2) is 5.60 Å². The van der Waals surface area contributed by atoms with Gasteiger partial charge in [0.05, 0.1) is 7.11 Å². The van der Waals surface area contributed by atoms with E-state index in [9.17, 15) is 4.79 Å². The van der Waals surface area contributed by atoms with Crippen molar-refractivity contribution in [3.63, 3.8) is 0 Å². The number of hydrogen-bond donors (Lipinski definition) is 0. The van der Waals surface area contributed by atoms with Gasteiger partial charge in [-0.05, 0) is 25.2 Å². The number of carbonyl (C=O) groups is 1. The third-order valence-electron chi connectivity index (χ3n) is 3.99. The van der Waals surface area contributed by atoms with Crippen molar-refractivity contribution in [2.24, 2.45) is 5.92 Å². The molecule has 1 saturated carbocycles. The minimum absolute atomic E-state index is 0.186. The van der Waals surface area contributed by atoms with E-state index in [-0.39, 0.29) is 11.6 Å². The monoisotopic (exact) mass is 198 g/mol. The van der Waals surface area contributed by atoms with Crippen molar-refractivity contribution in [2.45, 2.75) is 50.7 Å². The lowest BCUT2D eigenvalue weighted by Crippen LogP contribution is -2.36. The number of hydrogen-bond acceptors (Lipinski definition) is 3. The second-order valence-corrected chi connectivity index (χ2v) is 4.46. The molecule has 14 heavy (non-hydrogen) atoms. The van der Waals surface area contributed by atoms with E-state index in [2.05, 4.69) is 6.92 Å². The standard InChI is InChI=1S/C11H18O3/c1-4-10(9(12)13-3)11(14-10)7-5-6-8(11)2/h8H,4-7H2,1-3H3. The molecule has 2 aliphatic rings. The maximum absolute atomic E-state index is 11.7. The molecule has 3 heteroatoms. The molecular formula is C11H18O3. The zero-order valence-electron chi connectivity index (χ0n) is 9.13. The molecule has 2 rings (SSSR count). The van der Waals surface area contributed by atoms with E-state index in [1.165, 1.54) is 20.0 Å². The van der Waals surface area contributed by atoms with E-state index < -0.39 is 5.60 Å². The van der Waals surface area contributed by atoms with Crippen LogP contribution in [0.25, 0.3) is 0 Å². The highest BCUT2D eigenvalue weighted by atomic mass is 16.7. The molecule has 1 spiro atoms. The molecule has 1 heterocycles. The molecule has 3 atom stereocenters. The van der Waals surface area contributed by atoms with Gasteiger partial charge < -0.3 is 9.47 Å². The van der Waals surface area contributed by atoms with Crippen molar-refractivity contribution in [3.05, 3.63) is 0 Å². The smallest absolute Gasteiger partial charge is 0.341 e. The van der Waals surface area contributed by atoms with Crippen molar-refractivity contribution >= 4 is 5.97 Å². The number of methoxy groups -OCH3 is 1. The molecule has 1 saturated heterocycles. The summed E-state index contributed by atoms with van der Waals surface area (Å²) in [6, 6.07) is 0. The first-order valence-electron chi connectivity index (χ1n) is 5.41. The zero-order valence-corrected chi connectivity index (χ0v) is 9.13. The van der Waals surface area contributed by atoms with Gasteiger partial charge in [0.1, 0.15) is 5.60 Å². The molecule has 0 aromatic carbocycles. The number of rotatable bonds is 2. The average molecular weight is 198 g/mol. The molecular weight excluding hydrogens is 180 g/mol. The Bertz CT molecular complexity index is 263. The van der Waals surface area contributed by atoms with E-state index in [1.807, 2.05) is 6.92 Å². The molecule has 0 aromatic rings. The third-order valence-corrected chi connectivity index (χ3v) is 3.99. The second-order valence-electron chi connectivity index (χ2n) is 4.46. The van der Waals surface area contributed by atoms with Crippen LogP contribution in [0.2, 0.25) is 0 Å². The van der Waals surface area contributed by atoms with Gasteiger partial charge in [-0.3, -0.25) is 0 Å². The Hall–Kier alpha value is -0.570. The van der Waals surface area contributed by atoms with Gasteiger partial charge in [0.2, 0.25) is 0 Å². The highest BCUT2D eigenvalue weighted by Gasteiger charge is 2.76. The topological polar surface area (TPSA) is 38.8 Å². The Morgan fingerprint density at radius 3 is 2.79 bits per heavy atom. The van der Waals surface area contributed by atoms with Crippen LogP contribution >= 0.6 is 0 Å². The van der Waals surface area contributed by atoms with Crippen molar-refractivity contribution < 1.29 is 14.3 Å². The normalized spacial score (nSPS) is 45.5. The molecule has 1 aliphatic carbocycles. The summed E-state index contributed by atoms with van der Waals surface area (Å²) in [4.78, 5) is 11.7. The summed E-state index contributed by atoms with van der Waals surface area (Å²) in [5.74, 6) is 0.301. The lowest BCUT2D eigenvalue weighted by Gasteiger charge is -2.15. The number of epoxide rings is 1. The van der Waals surface area contributed by atoms with Crippen LogP contribution in [0.5, 0.6) is 0 Å². The van der Waals surface area contributed by atoms with Gasteiger partial charge in [0.25, 0.3) is 0 Å². The average Bonchev–Trinajstić information content (AvgIpc) is 2.74. The van der Waals surface area contributed by atoms with Crippen LogP contribution in [0.3, 0.4) is 0 Å². The maximum atomic E-state index is 11.7. The summed E-state index contributed by atoms with van der Waals surface area (Å²) in [5.41, 5.74) is -0.799. The summed E-state index contributed by atoms with van der Waals surface area (Å²) in [7, 11) is 1.44. The van der Waals surface area contributed by atoms with Gasteiger partial charge in [-0.15, -0.1) is 0 Å². The van der Waals surface area contributed by atoms with Crippen molar-refractivity contribution in [1.82, 2.24) is 0 Å². The lowest BCUT2D eigenvalue weighted by atomic mass is 9.83. The summed E-state index contributed by atoms with van der Waals surface area (Å²) in [6.45, 7) is 4.17. The first-order chi connectivity index (χ1) is 6.63. The van der Waals surface area contributed by atoms with E-state index in [0.29, 0.717) is 5.92 Å². The van der Waals surface area contributed by atoms with Gasteiger partial charge in [0, 0.05) is 0 Å². The summed E-state index contributed by atoms with van der Waals surface area (Å²) in [6.07, 6.45) is 4.07. The van der Waals surface area contributed by atoms with Gasteiger partial charge in [-0.25, -0.2) is 4.79 Å². The van der Waals surface area contributed by atoms with E-state index in [0.717, 1.165) is 12.8 Å². The summed E-state index contributed by atoms with van der Waals surface area (Å²) >= 11 is 0. The van der Waals surface area contributed by atoms with Crippen LogP contribution in [0.1, 0.15) is 39.5 Å². The largest absolute Gasteiger partial charge is 0.467 e. The Balaban J connectivity index is 2.23. The fraction of sp³-hybridized carbons (Fsp3) is 0.909. The Labute approximate surface area is 84.8 Å². The van der Waals surface area contributed by atoms with Gasteiger partial charge >= 0.3 is 5.97 Å². The number of esters is 1. The molecule has 0 N–H and O–H groups in total. The highest BCUT2D eigenvalue weighted by Crippen LogP contribution is 2.62. The van der Waals surface area contributed by atoms with Gasteiger partial charge in [-0.1, -0.05) is 20.3 Å². The summed E-state index contributed by atoms with van der Waals surface area (Å²) in [5, 5.41) is 0. The minimum atomic E-state index is -0.613. The molecule has 0 amide bonds. The Morgan fingerprint density at radius 2 is 2.36 bits per heavy atom. The van der Waals surface area contributed by atoms with Crippen molar-refractivity contribution in [2.75, 3.05) is 7.11 Å². The minimum Gasteiger partial charge on any atom is -0.467 e. The van der Waals surface area contributed by atoms with E-state index in [1.54, 1.807) is 0 Å². The predicted octanol–water partition coefficient (Wildman–Crippen LogP) is 1.90. The Kier molecular flexibility index (Phi) is 2.11. The fourth-order valence-electron chi connectivity index (χ4n) is 3.08. The SMILES string of the molecule is CCC1(C(=O)OC)OC12CCCC2C. The maximum Gasteiger partial charge on any atom is 0.341 e. The molecule has 0 bridgehead atoms. The van der Waals surface area contributed by atoms with Crippen LogP contribution in [-0.2, 0) is 14.3 Å². The van der Waals surface area contributed by atoms with Gasteiger partial charge in [-0.2, -0.15) is 0 Å². The van der Waals surface area contributed by atoms with Crippen LogP contribution < -0.4 is 0 Å². The second kappa shape index (κ2) is 2.96. The van der Waals surface area contributed by atoms with E-state index in [4.69, 9.17) is 9.47 Å². The third kappa shape index (κ3) is 0.937. The molecule has 80 valence electrons. The van der Waals surface area contributed by atoms with E-state index >= 15 is 0 Å². The molecule has 2 fully saturated rings. The van der Waals surface area contributed by atoms with Crippen LogP contribution in [0.4, 0.5) is 0 Å².